The van der Waals surface area contributed by atoms with Gasteiger partial charge in [-0.25, -0.2) is 4.79 Å². The van der Waals surface area contributed by atoms with Crippen molar-refractivity contribution in [3.8, 4) is 0 Å². The van der Waals surface area contributed by atoms with Crippen molar-refractivity contribution < 1.29 is 14.6 Å². The Bertz CT molecular complexity index is 792. The van der Waals surface area contributed by atoms with Gasteiger partial charge in [-0.1, -0.05) is 6.92 Å². The van der Waals surface area contributed by atoms with Crippen molar-refractivity contribution in [3.63, 3.8) is 0 Å². The van der Waals surface area contributed by atoms with E-state index in [0.29, 0.717) is 18.7 Å². The molecule has 0 atom stereocenters. The molecule has 130 valence electrons. The van der Waals surface area contributed by atoms with Gasteiger partial charge >= 0.3 is 5.63 Å². The van der Waals surface area contributed by atoms with E-state index in [1.54, 1.807) is 6.07 Å². The Morgan fingerprint density at radius 1 is 1.17 bits per heavy atom. The van der Waals surface area contributed by atoms with Crippen molar-refractivity contribution in [2.45, 2.75) is 32.7 Å². The van der Waals surface area contributed by atoms with Gasteiger partial charge in [0, 0.05) is 30.0 Å². The topological polar surface area (TPSA) is 73.9 Å². The highest BCUT2D eigenvalue weighted by Crippen LogP contribution is 2.29. The molecule has 1 aliphatic carbocycles. The summed E-state index contributed by atoms with van der Waals surface area (Å²) in [5.74, 6) is 0. The lowest BCUT2D eigenvalue weighted by Gasteiger charge is -2.30. The smallest absolute Gasteiger partial charge is 0.336 e. The number of aryl methyl sites for hydroxylation is 2. The van der Waals surface area contributed by atoms with E-state index in [-0.39, 0.29) is 18.8 Å². The fourth-order valence-electron chi connectivity index (χ4n) is 3.57. The molecule has 2 aromatic rings. The summed E-state index contributed by atoms with van der Waals surface area (Å²) in [5, 5.41) is 19.9. The van der Waals surface area contributed by atoms with Crippen LogP contribution >= 0.6 is 0 Å². The fourth-order valence-corrected chi connectivity index (χ4v) is 3.57. The van der Waals surface area contributed by atoms with Crippen LogP contribution in [0.5, 0.6) is 0 Å². The molecule has 1 aliphatic rings. The van der Waals surface area contributed by atoms with Crippen LogP contribution in [-0.4, -0.2) is 41.9 Å². The second-order valence-electron chi connectivity index (χ2n) is 7.36. The zero-order chi connectivity index (χ0) is 17.3. The number of hydrogen-bond donors (Lipinski definition) is 2. The van der Waals surface area contributed by atoms with Gasteiger partial charge in [0.05, 0.1) is 13.2 Å². The normalized spacial score (nSPS) is 14.5. The maximum absolute atomic E-state index is 11.9. The lowest BCUT2D eigenvalue weighted by atomic mass is 9.92. The number of aliphatic hydroxyl groups is 2. The summed E-state index contributed by atoms with van der Waals surface area (Å²) in [4.78, 5) is 13.9. The van der Waals surface area contributed by atoms with Crippen molar-refractivity contribution in [1.29, 1.82) is 0 Å². The van der Waals surface area contributed by atoms with E-state index in [9.17, 15) is 15.0 Å². The fraction of sp³-hybridized carbons (Fsp3) is 0.526. The zero-order valence-electron chi connectivity index (χ0n) is 14.3. The van der Waals surface area contributed by atoms with Crippen LogP contribution in [0.25, 0.3) is 11.0 Å². The highest BCUT2D eigenvalue weighted by molar-refractivity contribution is 5.82. The minimum atomic E-state index is -0.564. The minimum absolute atomic E-state index is 0.0843. The molecule has 0 bridgehead atoms. The van der Waals surface area contributed by atoms with Gasteiger partial charge in [-0.15, -0.1) is 0 Å². The Kier molecular flexibility index (Phi) is 4.76. The lowest BCUT2D eigenvalue weighted by Crippen LogP contribution is -2.38. The number of aliphatic hydroxyl groups excluding tert-OH is 2. The van der Waals surface area contributed by atoms with E-state index in [4.69, 9.17) is 4.42 Å². The molecule has 0 aliphatic heterocycles. The standard InChI is InChI=1S/C19H25NO4/c1-19(11-21,12-22)10-20(2)9-15-8-18(23)24-17-7-14-5-3-4-13(14)6-16(15)17/h6-8,21-22H,3-5,9-12H2,1-2H3. The molecule has 1 heterocycles. The van der Waals surface area contributed by atoms with Crippen LogP contribution in [0, 0.1) is 5.41 Å². The summed E-state index contributed by atoms with van der Waals surface area (Å²) in [6.45, 7) is 2.77. The van der Waals surface area contributed by atoms with Crippen LogP contribution in [0.4, 0.5) is 0 Å². The molecular formula is C19H25NO4. The number of nitrogens with zero attached hydrogens (tertiary/aromatic N) is 1. The van der Waals surface area contributed by atoms with E-state index < -0.39 is 5.41 Å². The predicted molar refractivity (Wildman–Crippen MR) is 93.1 cm³/mol. The first-order valence-corrected chi connectivity index (χ1v) is 8.43. The van der Waals surface area contributed by atoms with E-state index in [0.717, 1.165) is 30.2 Å². The van der Waals surface area contributed by atoms with Gasteiger partial charge in [0.15, 0.2) is 0 Å². The third-order valence-corrected chi connectivity index (χ3v) is 4.90. The van der Waals surface area contributed by atoms with Crippen molar-refractivity contribution >= 4 is 11.0 Å². The summed E-state index contributed by atoms with van der Waals surface area (Å²) in [7, 11) is 1.93. The molecule has 1 aromatic carbocycles. The molecule has 0 fully saturated rings. The van der Waals surface area contributed by atoms with E-state index in [1.165, 1.54) is 11.1 Å². The second-order valence-corrected chi connectivity index (χ2v) is 7.36. The van der Waals surface area contributed by atoms with Gasteiger partial charge in [0.2, 0.25) is 0 Å². The molecule has 24 heavy (non-hydrogen) atoms. The van der Waals surface area contributed by atoms with Crippen LogP contribution < -0.4 is 5.63 Å². The largest absolute Gasteiger partial charge is 0.423 e. The molecule has 5 heteroatoms. The summed E-state index contributed by atoms with van der Waals surface area (Å²) >= 11 is 0. The molecule has 1 aromatic heterocycles. The molecule has 0 saturated heterocycles. The number of benzene rings is 1. The third kappa shape index (κ3) is 3.38. The SMILES string of the molecule is CN(Cc1cc(=O)oc2cc3c(cc12)CCC3)CC(C)(CO)CO. The van der Waals surface area contributed by atoms with Gasteiger partial charge in [-0.2, -0.15) is 0 Å². The molecule has 5 nitrogen and oxygen atoms in total. The number of fused-ring (bicyclic) bond motifs is 2. The van der Waals surface area contributed by atoms with Crippen LogP contribution in [0.3, 0.4) is 0 Å². The van der Waals surface area contributed by atoms with Crippen LogP contribution in [0.2, 0.25) is 0 Å². The molecule has 0 radical (unpaired) electrons. The van der Waals surface area contributed by atoms with E-state index in [2.05, 4.69) is 6.07 Å². The first-order chi connectivity index (χ1) is 11.4. The summed E-state index contributed by atoms with van der Waals surface area (Å²) in [5.41, 5.74) is 3.30. The van der Waals surface area contributed by atoms with Crippen molar-refractivity contribution in [2.24, 2.45) is 5.41 Å². The number of hydrogen-bond acceptors (Lipinski definition) is 5. The maximum Gasteiger partial charge on any atom is 0.336 e. The van der Waals surface area contributed by atoms with Gasteiger partial charge < -0.3 is 19.5 Å². The Balaban J connectivity index is 1.93. The Morgan fingerprint density at radius 3 is 2.50 bits per heavy atom. The molecule has 2 N–H and O–H groups in total. The van der Waals surface area contributed by atoms with Crippen molar-refractivity contribution in [3.05, 3.63) is 45.3 Å². The lowest BCUT2D eigenvalue weighted by molar-refractivity contribution is 0.0402. The van der Waals surface area contributed by atoms with Crippen LogP contribution in [-0.2, 0) is 19.4 Å². The summed E-state index contributed by atoms with van der Waals surface area (Å²) in [6, 6.07) is 5.71. The predicted octanol–water partition coefficient (Wildman–Crippen LogP) is 1.70. The van der Waals surface area contributed by atoms with Crippen LogP contribution in [0.1, 0.15) is 30.0 Å². The minimum Gasteiger partial charge on any atom is -0.423 e. The Hall–Kier alpha value is -1.69. The Morgan fingerprint density at radius 2 is 1.83 bits per heavy atom. The molecular weight excluding hydrogens is 306 g/mol. The maximum atomic E-state index is 11.9. The third-order valence-electron chi connectivity index (χ3n) is 4.90. The second kappa shape index (κ2) is 6.67. The van der Waals surface area contributed by atoms with Crippen LogP contribution in [0.15, 0.2) is 27.4 Å². The van der Waals surface area contributed by atoms with Gasteiger partial charge in [-0.05, 0) is 55.1 Å². The molecule has 0 unspecified atom stereocenters. The molecule has 0 spiro atoms. The van der Waals surface area contributed by atoms with Crippen molar-refractivity contribution in [2.75, 3.05) is 26.8 Å². The summed E-state index contributed by atoms with van der Waals surface area (Å²) in [6.07, 6.45) is 3.27. The Labute approximate surface area is 141 Å². The monoisotopic (exact) mass is 331 g/mol. The van der Waals surface area contributed by atoms with E-state index in [1.807, 2.05) is 24.9 Å². The van der Waals surface area contributed by atoms with Crippen molar-refractivity contribution in [1.82, 2.24) is 4.90 Å². The molecule has 0 saturated carbocycles. The average molecular weight is 331 g/mol. The molecule has 3 rings (SSSR count). The first-order valence-electron chi connectivity index (χ1n) is 8.43. The van der Waals surface area contributed by atoms with Gasteiger partial charge in [0.1, 0.15) is 5.58 Å². The quantitative estimate of drug-likeness (QED) is 0.788. The zero-order valence-corrected chi connectivity index (χ0v) is 14.3. The average Bonchev–Trinajstić information content (AvgIpc) is 3.00. The highest BCUT2D eigenvalue weighted by atomic mass is 16.4. The summed E-state index contributed by atoms with van der Waals surface area (Å²) < 4.78 is 5.40. The van der Waals surface area contributed by atoms with E-state index >= 15 is 0 Å². The van der Waals surface area contributed by atoms with Gasteiger partial charge in [-0.3, -0.25) is 0 Å². The number of rotatable bonds is 6. The first kappa shape index (κ1) is 17.1. The highest BCUT2D eigenvalue weighted by Gasteiger charge is 2.25. The molecule has 0 amide bonds. The van der Waals surface area contributed by atoms with Gasteiger partial charge in [0.25, 0.3) is 0 Å².